The van der Waals surface area contributed by atoms with Gasteiger partial charge in [0.1, 0.15) is 11.5 Å². The van der Waals surface area contributed by atoms with Crippen LogP contribution in [0.1, 0.15) is 22.8 Å². The van der Waals surface area contributed by atoms with Gasteiger partial charge in [-0.1, -0.05) is 0 Å². The van der Waals surface area contributed by atoms with Crippen LogP contribution in [0.3, 0.4) is 0 Å². The summed E-state index contributed by atoms with van der Waals surface area (Å²) < 4.78 is 5.31. The number of aromatic nitrogens is 2. The zero-order valence-electron chi connectivity index (χ0n) is 10.4. The third-order valence-corrected chi connectivity index (χ3v) is 2.52. The molecule has 0 bridgehead atoms. The molecule has 0 radical (unpaired) electrons. The molecule has 0 aliphatic rings. The maximum Gasteiger partial charge on any atom is 0.255 e. The van der Waals surface area contributed by atoms with E-state index in [9.17, 15) is 4.79 Å². The Kier molecular flexibility index (Phi) is 3.27. The molecule has 0 amide bonds. The lowest BCUT2D eigenvalue weighted by molar-refractivity contribution is 0.528. The molecule has 0 unspecified atom stereocenters. The number of aromatic amines is 1. The van der Waals surface area contributed by atoms with Gasteiger partial charge in [0.25, 0.3) is 5.56 Å². The van der Waals surface area contributed by atoms with Crippen molar-refractivity contribution in [3.8, 4) is 0 Å². The fraction of sp³-hybridized carbons (Fsp3) is 0.250. The fourth-order valence-electron chi connectivity index (χ4n) is 1.38. The molecule has 2 aromatic rings. The average molecular weight is 246 g/mol. The third kappa shape index (κ3) is 2.65. The van der Waals surface area contributed by atoms with Crippen molar-refractivity contribution < 1.29 is 4.42 Å². The minimum absolute atomic E-state index is 0.172. The number of anilines is 1. The second kappa shape index (κ2) is 4.87. The van der Waals surface area contributed by atoms with Crippen molar-refractivity contribution in [1.82, 2.24) is 9.97 Å². The fourth-order valence-corrected chi connectivity index (χ4v) is 1.38. The molecular weight excluding hydrogens is 232 g/mol. The summed E-state index contributed by atoms with van der Waals surface area (Å²) in [6, 6.07) is 3.65. The summed E-state index contributed by atoms with van der Waals surface area (Å²) in [6.45, 7) is 5.35. The van der Waals surface area contributed by atoms with Gasteiger partial charge in [0, 0.05) is 11.3 Å². The molecule has 0 spiro atoms. The Morgan fingerprint density at radius 1 is 1.39 bits per heavy atom. The first-order valence-electron chi connectivity index (χ1n) is 5.49. The number of nitrogens with zero attached hydrogens (tertiary/aromatic N) is 2. The van der Waals surface area contributed by atoms with Gasteiger partial charge in [0.2, 0.25) is 5.95 Å². The lowest BCUT2D eigenvalue weighted by atomic mass is 10.3. The number of hydrogen-bond acceptors (Lipinski definition) is 5. The first-order chi connectivity index (χ1) is 8.56. The molecule has 2 rings (SSSR count). The summed E-state index contributed by atoms with van der Waals surface area (Å²) in [6.07, 6.45) is 1.52. The summed E-state index contributed by atoms with van der Waals surface area (Å²) in [7, 11) is 0. The maximum atomic E-state index is 11.5. The summed E-state index contributed by atoms with van der Waals surface area (Å²) >= 11 is 0. The van der Waals surface area contributed by atoms with E-state index in [0.29, 0.717) is 23.0 Å². The smallest absolute Gasteiger partial charge is 0.255 e. The van der Waals surface area contributed by atoms with Crippen LogP contribution in [0.2, 0.25) is 0 Å². The predicted octanol–water partition coefficient (Wildman–Crippen LogP) is 1.73. The van der Waals surface area contributed by atoms with Gasteiger partial charge in [-0.15, -0.1) is 0 Å². The normalized spacial score (nSPS) is 11.1. The van der Waals surface area contributed by atoms with Gasteiger partial charge in [-0.05, 0) is 32.9 Å². The second-order valence-electron chi connectivity index (χ2n) is 3.94. The Balaban J connectivity index is 2.11. The Labute approximate surface area is 104 Å². The summed E-state index contributed by atoms with van der Waals surface area (Å²) in [5.41, 5.74) is 3.76. The lowest BCUT2D eigenvalue weighted by Gasteiger charge is -2.02. The van der Waals surface area contributed by atoms with Crippen LogP contribution in [-0.2, 0) is 0 Å². The van der Waals surface area contributed by atoms with Crippen LogP contribution in [0.15, 0.2) is 26.4 Å². The molecule has 6 heteroatoms. The summed E-state index contributed by atoms with van der Waals surface area (Å²) in [4.78, 5) is 18.2. The van der Waals surface area contributed by atoms with E-state index in [-0.39, 0.29) is 5.56 Å². The second-order valence-corrected chi connectivity index (χ2v) is 3.94. The highest BCUT2D eigenvalue weighted by molar-refractivity contribution is 5.76. The molecule has 2 aromatic heterocycles. The van der Waals surface area contributed by atoms with E-state index >= 15 is 0 Å². The van der Waals surface area contributed by atoms with Gasteiger partial charge in [-0.25, -0.2) is 10.4 Å². The minimum Gasteiger partial charge on any atom is -0.460 e. The van der Waals surface area contributed by atoms with Gasteiger partial charge in [0.15, 0.2) is 0 Å². The van der Waals surface area contributed by atoms with Crippen LogP contribution >= 0.6 is 0 Å². The van der Waals surface area contributed by atoms with Crippen molar-refractivity contribution in [2.75, 3.05) is 5.43 Å². The molecule has 2 N–H and O–H groups in total. The largest absolute Gasteiger partial charge is 0.460 e. The molecule has 6 nitrogen and oxygen atoms in total. The van der Waals surface area contributed by atoms with Crippen LogP contribution in [0.4, 0.5) is 5.95 Å². The number of hydrogen-bond donors (Lipinski definition) is 2. The van der Waals surface area contributed by atoms with Gasteiger partial charge >= 0.3 is 0 Å². The molecule has 0 saturated carbocycles. The number of rotatable bonds is 3. The molecule has 0 aromatic carbocycles. The van der Waals surface area contributed by atoms with E-state index in [2.05, 4.69) is 20.5 Å². The van der Waals surface area contributed by atoms with Crippen LogP contribution in [0.5, 0.6) is 0 Å². The first kappa shape index (κ1) is 12.1. The highest BCUT2D eigenvalue weighted by atomic mass is 16.3. The lowest BCUT2D eigenvalue weighted by Crippen LogP contribution is -2.15. The Bertz CT molecular complexity index is 640. The van der Waals surface area contributed by atoms with Crippen LogP contribution in [0.25, 0.3) is 0 Å². The van der Waals surface area contributed by atoms with Crippen LogP contribution in [-0.4, -0.2) is 16.2 Å². The Morgan fingerprint density at radius 2 is 2.17 bits per heavy atom. The van der Waals surface area contributed by atoms with E-state index in [0.717, 1.165) is 5.76 Å². The number of H-pyrrole nitrogens is 1. The molecule has 0 atom stereocenters. The van der Waals surface area contributed by atoms with E-state index in [1.54, 1.807) is 19.9 Å². The number of furan rings is 1. The van der Waals surface area contributed by atoms with Gasteiger partial charge in [-0.3, -0.25) is 9.78 Å². The Hall–Kier alpha value is -2.37. The molecule has 0 fully saturated rings. The predicted molar refractivity (Wildman–Crippen MR) is 69.0 cm³/mol. The van der Waals surface area contributed by atoms with Crippen molar-refractivity contribution in [1.29, 1.82) is 0 Å². The summed E-state index contributed by atoms with van der Waals surface area (Å²) in [5, 5.41) is 3.94. The monoisotopic (exact) mass is 246 g/mol. The van der Waals surface area contributed by atoms with Crippen molar-refractivity contribution in [3.05, 3.63) is 45.3 Å². The molecular formula is C12H14N4O2. The average Bonchev–Trinajstić information content (AvgIpc) is 2.72. The van der Waals surface area contributed by atoms with Crippen molar-refractivity contribution >= 4 is 12.2 Å². The molecule has 94 valence electrons. The van der Waals surface area contributed by atoms with Crippen molar-refractivity contribution in [3.63, 3.8) is 0 Å². The zero-order valence-corrected chi connectivity index (χ0v) is 10.4. The van der Waals surface area contributed by atoms with Crippen LogP contribution < -0.4 is 11.0 Å². The molecule has 0 aliphatic carbocycles. The van der Waals surface area contributed by atoms with Crippen molar-refractivity contribution in [2.45, 2.75) is 20.8 Å². The number of nitrogens with one attached hydrogen (secondary N) is 2. The standard InChI is InChI=1S/C12H14N4O2/c1-7-4-5-10(18-7)6-13-16-12-14-9(3)8(2)11(17)15-12/h4-6H,1-3H3,(H2,14,15,16,17)/b13-6-. The van der Waals surface area contributed by atoms with E-state index in [1.165, 1.54) is 6.21 Å². The van der Waals surface area contributed by atoms with Gasteiger partial charge < -0.3 is 4.42 Å². The van der Waals surface area contributed by atoms with E-state index in [1.807, 2.05) is 13.0 Å². The quantitative estimate of drug-likeness (QED) is 0.638. The Morgan fingerprint density at radius 3 is 2.78 bits per heavy atom. The SMILES string of the molecule is Cc1ccc(/C=N\Nc2nc(C)c(C)c(=O)[nH]2)o1. The molecule has 0 saturated heterocycles. The highest BCUT2D eigenvalue weighted by Crippen LogP contribution is 2.04. The number of hydrazone groups is 1. The topological polar surface area (TPSA) is 83.3 Å². The third-order valence-electron chi connectivity index (χ3n) is 2.52. The maximum absolute atomic E-state index is 11.5. The molecule has 18 heavy (non-hydrogen) atoms. The number of aryl methyl sites for hydroxylation is 2. The van der Waals surface area contributed by atoms with Crippen molar-refractivity contribution in [2.24, 2.45) is 5.10 Å². The van der Waals surface area contributed by atoms with E-state index in [4.69, 9.17) is 4.42 Å². The zero-order chi connectivity index (χ0) is 13.1. The van der Waals surface area contributed by atoms with Gasteiger partial charge in [-0.2, -0.15) is 5.10 Å². The van der Waals surface area contributed by atoms with Crippen LogP contribution in [0, 0.1) is 20.8 Å². The molecule has 2 heterocycles. The highest BCUT2D eigenvalue weighted by Gasteiger charge is 2.02. The minimum atomic E-state index is -0.172. The molecule has 0 aliphatic heterocycles. The van der Waals surface area contributed by atoms with Gasteiger partial charge in [0.05, 0.1) is 6.21 Å². The first-order valence-corrected chi connectivity index (χ1v) is 5.49. The van der Waals surface area contributed by atoms with E-state index < -0.39 is 0 Å². The summed E-state index contributed by atoms with van der Waals surface area (Å²) in [5.74, 6) is 1.75.